The van der Waals surface area contributed by atoms with E-state index >= 15 is 0 Å². The molecule has 2 N–H and O–H groups in total. The minimum Gasteiger partial charge on any atom is -0.387 e. The number of aliphatic hydroxyl groups excluding tert-OH is 1. The molecule has 1 aromatic rings. The molecule has 76 valence electrons. The summed E-state index contributed by atoms with van der Waals surface area (Å²) >= 11 is 5.46. The molecule has 1 heterocycles. The van der Waals surface area contributed by atoms with E-state index in [0.717, 1.165) is 0 Å². The number of aliphatic hydroxyl groups is 1. The lowest BCUT2D eigenvalue weighted by molar-refractivity contribution is -0.114. The average molecular weight is 215 g/mol. The normalized spacial score (nSPS) is 12.2. The Hall–Kier alpha value is -1.13. The number of rotatable bonds is 3. The van der Waals surface area contributed by atoms with Crippen molar-refractivity contribution in [3.63, 3.8) is 0 Å². The SMILES string of the molecule is CC(=O)Nc1ccc([C@@H](O)CCl)cn1. The van der Waals surface area contributed by atoms with Crippen molar-refractivity contribution in [2.24, 2.45) is 0 Å². The fourth-order valence-corrected chi connectivity index (χ4v) is 1.12. The first kappa shape index (κ1) is 10.9. The minimum absolute atomic E-state index is 0.126. The van der Waals surface area contributed by atoms with Gasteiger partial charge < -0.3 is 10.4 Å². The number of hydrogen-bond acceptors (Lipinski definition) is 3. The van der Waals surface area contributed by atoms with Crippen LogP contribution >= 0.6 is 11.6 Å². The molecule has 1 rings (SSSR count). The predicted octanol–water partition coefficient (Wildman–Crippen LogP) is 1.31. The third-order valence-corrected chi connectivity index (χ3v) is 1.91. The topological polar surface area (TPSA) is 62.2 Å². The molecule has 0 saturated heterocycles. The molecular weight excluding hydrogens is 204 g/mol. The molecule has 0 aliphatic carbocycles. The second-order valence-corrected chi connectivity index (χ2v) is 3.14. The van der Waals surface area contributed by atoms with E-state index < -0.39 is 6.10 Å². The van der Waals surface area contributed by atoms with Gasteiger partial charge in [0.15, 0.2) is 0 Å². The van der Waals surface area contributed by atoms with Crippen LogP contribution in [-0.4, -0.2) is 21.9 Å². The number of nitrogens with one attached hydrogen (secondary N) is 1. The van der Waals surface area contributed by atoms with E-state index in [-0.39, 0.29) is 11.8 Å². The maximum Gasteiger partial charge on any atom is 0.222 e. The Morgan fingerprint density at radius 2 is 2.43 bits per heavy atom. The zero-order valence-electron chi connectivity index (χ0n) is 7.70. The molecule has 0 radical (unpaired) electrons. The molecule has 0 aliphatic heterocycles. The highest BCUT2D eigenvalue weighted by Gasteiger charge is 2.06. The number of alkyl halides is 1. The lowest BCUT2D eigenvalue weighted by atomic mass is 10.2. The van der Waals surface area contributed by atoms with E-state index in [1.165, 1.54) is 13.1 Å². The van der Waals surface area contributed by atoms with Gasteiger partial charge in [0.05, 0.1) is 12.0 Å². The summed E-state index contributed by atoms with van der Waals surface area (Å²) in [7, 11) is 0. The van der Waals surface area contributed by atoms with Crippen molar-refractivity contribution in [3.05, 3.63) is 23.9 Å². The number of aromatic nitrogens is 1. The molecule has 1 amide bonds. The molecule has 0 unspecified atom stereocenters. The van der Waals surface area contributed by atoms with E-state index in [2.05, 4.69) is 10.3 Å². The van der Waals surface area contributed by atoms with Gasteiger partial charge >= 0.3 is 0 Å². The molecule has 14 heavy (non-hydrogen) atoms. The first-order chi connectivity index (χ1) is 6.63. The highest BCUT2D eigenvalue weighted by atomic mass is 35.5. The van der Waals surface area contributed by atoms with Gasteiger partial charge in [-0.05, 0) is 6.07 Å². The number of pyridine rings is 1. The first-order valence-electron chi connectivity index (χ1n) is 4.11. The van der Waals surface area contributed by atoms with Crippen LogP contribution in [0.5, 0.6) is 0 Å². The number of hydrogen-bond donors (Lipinski definition) is 2. The quantitative estimate of drug-likeness (QED) is 0.746. The van der Waals surface area contributed by atoms with Gasteiger partial charge in [0.2, 0.25) is 5.91 Å². The van der Waals surface area contributed by atoms with E-state index in [4.69, 9.17) is 11.6 Å². The Labute approximate surface area is 86.9 Å². The highest BCUT2D eigenvalue weighted by molar-refractivity contribution is 6.18. The van der Waals surface area contributed by atoms with Crippen molar-refractivity contribution >= 4 is 23.3 Å². The molecule has 0 spiro atoms. The van der Waals surface area contributed by atoms with Gasteiger partial charge in [0.1, 0.15) is 5.82 Å². The number of carbonyl (C=O) groups is 1. The maximum atomic E-state index is 10.7. The number of nitrogens with zero attached hydrogens (tertiary/aromatic N) is 1. The standard InChI is InChI=1S/C9H11ClN2O2/c1-6(13)12-9-3-2-7(5-11-9)8(14)4-10/h2-3,5,8,14H,4H2,1H3,(H,11,12,13)/t8-/m0/s1. The van der Waals surface area contributed by atoms with Gasteiger partial charge in [-0.3, -0.25) is 4.79 Å². The molecule has 0 fully saturated rings. The number of halogens is 1. The van der Waals surface area contributed by atoms with E-state index in [0.29, 0.717) is 11.4 Å². The van der Waals surface area contributed by atoms with Crippen LogP contribution < -0.4 is 5.32 Å². The molecule has 1 atom stereocenters. The molecule has 0 aromatic carbocycles. The summed E-state index contributed by atoms with van der Waals surface area (Å²) in [6.07, 6.45) is 0.772. The van der Waals surface area contributed by atoms with Gasteiger partial charge in [-0.15, -0.1) is 11.6 Å². The van der Waals surface area contributed by atoms with Crippen molar-refractivity contribution in [3.8, 4) is 0 Å². The number of amides is 1. The smallest absolute Gasteiger partial charge is 0.222 e. The zero-order valence-corrected chi connectivity index (χ0v) is 8.45. The van der Waals surface area contributed by atoms with Gasteiger partial charge in [-0.1, -0.05) is 6.07 Å². The summed E-state index contributed by atoms with van der Waals surface area (Å²) in [5.41, 5.74) is 0.633. The molecule has 5 heteroatoms. The molecular formula is C9H11ClN2O2. The van der Waals surface area contributed by atoms with Crippen LogP contribution in [-0.2, 0) is 4.79 Å². The first-order valence-corrected chi connectivity index (χ1v) is 4.64. The van der Waals surface area contributed by atoms with E-state index in [1.54, 1.807) is 12.1 Å². The second kappa shape index (κ2) is 4.93. The van der Waals surface area contributed by atoms with Gasteiger partial charge in [0.25, 0.3) is 0 Å². The highest BCUT2D eigenvalue weighted by Crippen LogP contribution is 2.14. The van der Waals surface area contributed by atoms with E-state index in [9.17, 15) is 9.90 Å². The summed E-state index contributed by atoms with van der Waals surface area (Å²) in [4.78, 5) is 14.6. The second-order valence-electron chi connectivity index (χ2n) is 2.83. The Kier molecular flexibility index (Phi) is 3.85. The summed E-state index contributed by atoms with van der Waals surface area (Å²) in [5, 5.41) is 11.9. The van der Waals surface area contributed by atoms with Crippen molar-refractivity contribution in [2.75, 3.05) is 11.2 Å². The summed E-state index contributed by atoms with van der Waals surface area (Å²) in [6.45, 7) is 1.41. The fourth-order valence-electron chi connectivity index (χ4n) is 0.946. The maximum absolute atomic E-state index is 10.7. The lowest BCUT2D eigenvalue weighted by Crippen LogP contribution is -2.08. The zero-order chi connectivity index (χ0) is 10.6. The Bertz CT molecular complexity index is 313. The van der Waals surface area contributed by atoms with Crippen molar-refractivity contribution in [1.82, 2.24) is 4.98 Å². The Balaban J connectivity index is 2.73. The van der Waals surface area contributed by atoms with Crippen molar-refractivity contribution in [2.45, 2.75) is 13.0 Å². The van der Waals surface area contributed by atoms with Crippen LogP contribution in [0.15, 0.2) is 18.3 Å². The largest absolute Gasteiger partial charge is 0.387 e. The van der Waals surface area contributed by atoms with Crippen molar-refractivity contribution in [1.29, 1.82) is 0 Å². The van der Waals surface area contributed by atoms with Gasteiger partial charge in [-0.2, -0.15) is 0 Å². The third kappa shape index (κ3) is 2.97. The Morgan fingerprint density at radius 3 is 2.86 bits per heavy atom. The average Bonchev–Trinajstić information content (AvgIpc) is 2.17. The molecule has 0 bridgehead atoms. The van der Waals surface area contributed by atoms with Crippen LogP contribution in [0.2, 0.25) is 0 Å². The number of anilines is 1. The van der Waals surface area contributed by atoms with Crippen LogP contribution in [0.25, 0.3) is 0 Å². The molecule has 0 aliphatic rings. The summed E-state index contributed by atoms with van der Waals surface area (Å²) in [6, 6.07) is 3.29. The van der Waals surface area contributed by atoms with Gasteiger partial charge in [0, 0.05) is 18.7 Å². The fraction of sp³-hybridized carbons (Fsp3) is 0.333. The summed E-state index contributed by atoms with van der Waals surface area (Å²) < 4.78 is 0. The molecule has 1 aromatic heterocycles. The Morgan fingerprint density at radius 1 is 1.71 bits per heavy atom. The lowest BCUT2D eigenvalue weighted by Gasteiger charge is -2.07. The van der Waals surface area contributed by atoms with Crippen LogP contribution in [0.3, 0.4) is 0 Å². The van der Waals surface area contributed by atoms with Gasteiger partial charge in [-0.25, -0.2) is 4.98 Å². The molecule has 0 saturated carbocycles. The summed E-state index contributed by atoms with van der Waals surface area (Å²) in [5.74, 6) is 0.410. The van der Waals surface area contributed by atoms with Crippen LogP contribution in [0.1, 0.15) is 18.6 Å². The third-order valence-electron chi connectivity index (χ3n) is 1.62. The molecule has 4 nitrogen and oxygen atoms in total. The predicted molar refractivity (Wildman–Crippen MR) is 54.2 cm³/mol. The monoisotopic (exact) mass is 214 g/mol. The van der Waals surface area contributed by atoms with Crippen LogP contribution in [0, 0.1) is 0 Å². The van der Waals surface area contributed by atoms with Crippen molar-refractivity contribution < 1.29 is 9.90 Å². The van der Waals surface area contributed by atoms with Crippen LogP contribution in [0.4, 0.5) is 5.82 Å². The minimum atomic E-state index is -0.712. The van der Waals surface area contributed by atoms with E-state index in [1.807, 2.05) is 0 Å². The number of carbonyl (C=O) groups excluding carboxylic acids is 1.